The normalized spacial score (nSPS) is 16.3. The quantitative estimate of drug-likeness (QED) is 0.614. The van der Waals surface area contributed by atoms with Crippen molar-refractivity contribution in [1.29, 1.82) is 0 Å². The van der Waals surface area contributed by atoms with E-state index in [-0.39, 0.29) is 12.5 Å². The fourth-order valence-electron chi connectivity index (χ4n) is 3.57. The predicted molar refractivity (Wildman–Crippen MR) is 108 cm³/mol. The number of hydrogen-bond donors (Lipinski definition) is 0. The molecule has 1 aromatic carbocycles. The first kappa shape index (κ1) is 19.7. The van der Waals surface area contributed by atoms with Crippen molar-refractivity contribution >= 4 is 17.5 Å². The molecule has 0 N–H and O–H groups in total. The first-order valence-corrected chi connectivity index (χ1v) is 9.99. The average molecular weight is 415 g/mol. The van der Waals surface area contributed by atoms with Crippen molar-refractivity contribution < 1.29 is 14.1 Å². The fraction of sp³-hybridized carbons (Fsp3) is 0.381. The molecule has 0 aliphatic carbocycles. The maximum atomic E-state index is 13.2. The number of amides is 1. The largest absolute Gasteiger partial charge is 0.368 e. The SMILES string of the molecule is Cc1onc(-c2ccccc2)c1CN(Cc1nn(C)cc1Cl)C(=O)[C@H]1CCCO1. The number of aromatic nitrogens is 3. The summed E-state index contributed by atoms with van der Waals surface area (Å²) in [5.74, 6) is 0.616. The molecule has 29 heavy (non-hydrogen) atoms. The number of carbonyl (C=O) groups excluding carboxylic acids is 1. The van der Waals surface area contributed by atoms with Crippen molar-refractivity contribution in [2.75, 3.05) is 6.61 Å². The molecule has 3 aromatic rings. The third kappa shape index (κ3) is 4.21. The Morgan fingerprint density at radius 3 is 2.76 bits per heavy atom. The van der Waals surface area contributed by atoms with Crippen LogP contribution in [0.1, 0.15) is 29.9 Å². The van der Waals surface area contributed by atoms with Crippen molar-refractivity contribution in [1.82, 2.24) is 19.8 Å². The van der Waals surface area contributed by atoms with E-state index in [2.05, 4.69) is 10.3 Å². The van der Waals surface area contributed by atoms with Gasteiger partial charge in [0.1, 0.15) is 23.3 Å². The van der Waals surface area contributed by atoms with E-state index in [1.54, 1.807) is 22.8 Å². The lowest BCUT2D eigenvalue weighted by atomic mass is 10.1. The van der Waals surface area contributed by atoms with Crippen LogP contribution in [-0.4, -0.2) is 38.5 Å². The lowest BCUT2D eigenvalue weighted by Gasteiger charge is -2.25. The van der Waals surface area contributed by atoms with Gasteiger partial charge in [0.2, 0.25) is 0 Å². The van der Waals surface area contributed by atoms with Crippen LogP contribution >= 0.6 is 11.6 Å². The number of halogens is 1. The highest BCUT2D eigenvalue weighted by atomic mass is 35.5. The molecule has 1 fully saturated rings. The molecule has 0 radical (unpaired) electrons. The zero-order chi connectivity index (χ0) is 20.4. The highest BCUT2D eigenvalue weighted by molar-refractivity contribution is 6.31. The van der Waals surface area contributed by atoms with Gasteiger partial charge in [0, 0.05) is 31.0 Å². The molecule has 152 valence electrons. The van der Waals surface area contributed by atoms with Crippen molar-refractivity contribution in [2.45, 2.75) is 39.0 Å². The molecule has 1 amide bonds. The Bertz CT molecular complexity index is 993. The van der Waals surface area contributed by atoms with E-state index in [0.29, 0.717) is 29.6 Å². The summed E-state index contributed by atoms with van der Waals surface area (Å²) in [6.45, 7) is 3.09. The van der Waals surface area contributed by atoms with Crippen LogP contribution in [0.15, 0.2) is 41.1 Å². The summed E-state index contributed by atoms with van der Waals surface area (Å²) in [6, 6.07) is 9.80. The Morgan fingerprint density at radius 2 is 2.10 bits per heavy atom. The van der Waals surface area contributed by atoms with Crippen LogP contribution in [0.4, 0.5) is 0 Å². The zero-order valence-electron chi connectivity index (χ0n) is 16.5. The Kier molecular flexibility index (Phi) is 5.69. The highest BCUT2D eigenvalue weighted by Crippen LogP contribution is 2.28. The van der Waals surface area contributed by atoms with Gasteiger partial charge in [-0.05, 0) is 19.8 Å². The van der Waals surface area contributed by atoms with Crippen LogP contribution in [0, 0.1) is 6.92 Å². The van der Waals surface area contributed by atoms with Crippen LogP contribution in [-0.2, 0) is 29.7 Å². The van der Waals surface area contributed by atoms with E-state index >= 15 is 0 Å². The van der Waals surface area contributed by atoms with Gasteiger partial charge in [-0.25, -0.2) is 0 Å². The first-order valence-electron chi connectivity index (χ1n) is 9.62. The van der Waals surface area contributed by atoms with Gasteiger partial charge >= 0.3 is 0 Å². The summed E-state index contributed by atoms with van der Waals surface area (Å²) in [5, 5.41) is 9.17. The molecule has 1 atom stereocenters. The Balaban J connectivity index is 1.66. The summed E-state index contributed by atoms with van der Waals surface area (Å²) in [6.07, 6.45) is 2.90. The smallest absolute Gasteiger partial charge is 0.252 e. The van der Waals surface area contributed by atoms with Gasteiger partial charge in [-0.1, -0.05) is 47.1 Å². The highest BCUT2D eigenvalue weighted by Gasteiger charge is 2.31. The monoisotopic (exact) mass is 414 g/mol. The topological polar surface area (TPSA) is 73.4 Å². The van der Waals surface area contributed by atoms with Crippen molar-refractivity contribution in [3.05, 3.63) is 58.6 Å². The molecule has 1 aliphatic rings. The lowest BCUT2D eigenvalue weighted by molar-refractivity contribution is -0.142. The molecular formula is C21H23ClN4O3. The second kappa shape index (κ2) is 8.39. The van der Waals surface area contributed by atoms with Gasteiger partial charge in [0.15, 0.2) is 0 Å². The third-order valence-electron chi connectivity index (χ3n) is 5.09. The summed E-state index contributed by atoms with van der Waals surface area (Å²) < 4.78 is 12.8. The summed E-state index contributed by atoms with van der Waals surface area (Å²) in [4.78, 5) is 15.0. The molecule has 3 heterocycles. The first-order chi connectivity index (χ1) is 14.0. The van der Waals surface area contributed by atoms with Crippen LogP contribution in [0.5, 0.6) is 0 Å². The second-order valence-corrected chi connectivity index (χ2v) is 7.63. The summed E-state index contributed by atoms with van der Waals surface area (Å²) >= 11 is 6.31. The summed E-state index contributed by atoms with van der Waals surface area (Å²) in [5.41, 5.74) is 3.20. The predicted octanol–water partition coefficient (Wildman–Crippen LogP) is 3.74. The molecule has 2 aromatic heterocycles. The number of carbonyl (C=O) groups is 1. The standard InChI is InChI=1S/C21H23ClN4O3/c1-14-16(20(24-29-14)15-7-4-3-5-8-15)11-26(21(27)19-9-6-10-28-19)13-18-17(22)12-25(2)23-18/h3-5,7-8,12,19H,6,9-11,13H2,1-2H3/t19-/m1/s1. The molecular weight excluding hydrogens is 392 g/mol. The van der Waals surface area contributed by atoms with Gasteiger partial charge in [-0.15, -0.1) is 0 Å². The number of hydrogen-bond acceptors (Lipinski definition) is 5. The molecule has 0 saturated carbocycles. The maximum absolute atomic E-state index is 13.2. The van der Waals surface area contributed by atoms with Crippen LogP contribution in [0.25, 0.3) is 11.3 Å². The second-order valence-electron chi connectivity index (χ2n) is 7.23. The Morgan fingerprint density at radius 1 is 1.31 bits per heavy atom. The van der Waals surface area contributed by atoms with Gasteiger partial charge in [-0.3, -0.25) is 9.48 Å². The Labute approximate surface area is 174 Å². The van der Waals surface area contributed by atoms with E-state index in [1.807, 2.05) is 37.3 Å². The molecule has 1 aliphatic heterocycles. The number of nitrogens with zero attached hydrogens (tertiary/aromatic N) is 4. The van der Waals surface area contributed by atoms with Crippen LogP contribution < -0.4 is 0 Å². The third-order valence-corrected chi connectivity index (χ3v) is 5.41. The molecule has 4 rings (SSSR count). The van der Waals surface area contributed by atoms with E-state index in [9.17, 15) is 4.79 Å². The molecule has 8 heteroatoms. The van der Waals surface area contributed by atoms with E-state index in [4.69, 9.17) is 20.9 Å². The number of aryl methyl sites for hydroxylation is 2. The maximum Gasteiger partial charge on any atom is 0.252 e. The van der Waals surface area contributed by atoms with Gasteiger partial charge < -0.3 is 14.2 Å². The minimum absolute atomic E-state index is 0.0659. The van der Waals surface area contributed by atoms with Crippen LogP contribution in [0.2, 0.25) is 5.02 Å². The molecule has 7 nitrogen and oxygen atoms in total. The number of benzene rings is 1. The number of ether oxygens (including phenoxy) is 1. The fourth-order valence-corrected chi connectivity index (χ4v) is 3.81. The number of rotatable bonds is 6. The van der Waals surface area contributed by atoms with E-state index < -0.39 is 6.10 Å². The Hall–Kier alpha value is -2.64. The van der Waals surface area contributed by atoms with Gasteiger partial charge in [0.25, 0.3) is 5.91 Å². The lowest BCUT2D eigenvalue weighted by Crippen LogP contribution is -2.38. The van der Waals surface area contributed by atoms with E-state index in [1.165, 1.54) is 0 Å². The average Bonchev–Trinajstić information content (AvgIpc) is 3.44. The van der Waals surface area contributed by atoms with Crippen LogP contribution in [0.3, 0.4) is 0 Å². The van der Waals surface area contributed by atoms with E-state index in [0.717, 1.165) is 29.7 Å². The van der Waals surface area contributed by atoms with Crippen molar-refractivity contribution in [3.8, 4) is 11.3 Å². The molecule has 0 unspecified atom stereocenters. The summed E-state index contributed by atoms with van der Waals surface area (Å²) in [7, 11) is 1.80. The van der Waals surface area contributed by atoms with Crippen molar-refractivity contribution in [3.63, 3.8) is 0 Å². The van der Waals surface area contributed by atoms with Gasteiger partial charge in [0.05, 0.1) is 18.1 Å². The zero-order valence-corrected chi connectivity index (χ0v) is 17.2. The molecule has 0 spiro atoms. The van der Waals surface area contributed by atoms with Gasteiger partial charge in [-0.2, -0.15) is 5.10 Å². The molecule has 0 bridgehead atoms. The minimum Gasteiger partial charge on any atom is -0.368 e. The van der Waals surface area contributed by atoms with Crippen molar-refractivity contribution in [2.24, 2.45) is 7.05 Å². The minimum atomic E-state index is -0.433. The molecule has 1 saturated heterocycles.